The van der Waals surface area contributed by atoms with Crippen molar-refractivity contribution in [2.75, 3.05) is 5.32 Å². The quantitative estimate of drug-likeness (QED) is 0.731. The Labute approximate surface area is 167 Å². The first-order valence-electron chi connectivity index (χ1n) is 9.44. The fraction of sp³-hybridized carbons (Fsp3) is 0.318. The second-order valence-electron chi connectivity index (χ2n) is 7.30. The van der Waals surface area contributed by atoms with E-state index in [1.165, 1.54) is 20.8 Å². The monoisotopic (exact) mass is 391 g/mol. The van der Waals surface area contributed by atoms with Crippen molar-refractivity contribution in [3.63, 3.8) is 0 Å². The summed E-state index contributed by atoms with van der Waals surface area (Å²) in [5, 5.41) is 14.0. The van der Waals surface area contributed by atoms with Crippen LogP contribution in [0.3, 0.4) is 0 Å². The number of nitrogens with zero attached hydrogens (tertiary/aromatic N) is 2. The fourth-order valence-electron chi connectivity index (χ4n) is 4.03. The lowest BCUT2D eigenvalue weighted by atomic mass is 9.96. The van der Waals surface area contributed by atoms with Crippen LogP contribution in [0.4, 0.5) is 5.00 Å². The predicted octanol–water partition coefficient (Wildman–Crippen LogP) is 4.07. The summed E-state index contributed by atoms with van der Waals surface area (Å²) in [4.78, 5) is 26.6. The van der Waals surface area contributed by atoms with Crippen molar-refractivity contribution in [3.8, 4) is 6.07 Å². The number of aromatic nitrogens is 1. The molecule has 1 aromatic carbocycles. The number of thiophene rings is 1. The molecule has 0 saturated carbocycles. The standard InChI is InChI=1S/C22H21N3O2S/c1-13-6-5-8-15-14(2)10-20(27)25(21(13)15)12-19(26)24-22-17(11-23)16-7-3-4-9-18(16)28-22/h5-6,8,10H,3-4,7,9,12H2,1-2H3,(H,24,26). The normalized spacial score (nSPS) is 13.2. The minimum absolute atomic E-state index is 0.0755. The zero-order valence-corrected chi connectivity index (χ0v) is 16.8. The van der Waals surface area contributed by atoms with Crippen LogP contribution in [0.1, 0.15) is 40.0 Å². The first-order chi connectivity index (χ1) is 13.5. The van der Waals surface area contributed by atoms with E-state index < -0.39 is 0 Å². The van der Waals surface area contributed by atoms with Gasteiger partial charge >= 0.3 is 0 Å². The Balaban J connectivity index is 1.69. The second-order valence-corrected chi connectivity index (χ2v) is 8.40. The van der Waals surface area contributed by atoms with Gasteiger partial charge in [-0.1, -0.05) is 18.2 Å². The molecule has 0 unspecified atom stereocenters. The molecular weight excluding hydrogens is 370 g/mol. The number of amides is 1. The zero-order valence-electron chi connectivity index (χ0n) is 16.0. The summed E-state index contributed by atoms with van der Waals surface area (Å²) in [5.74, 6) is -0.286. The van der Waals surface area contributed by atoms with Crippen molar-refractivity contribution in [1.82, 2.24) is 4.57 Å². The number of benzene rings is 1. The van der Waals surface area contributed by atoms with Crippen molar-refractivity contribution < 1.29 is 4.79 Å². The molecule has 6 heteroatoms. The van der Waals surface area contributed by atoms with Crippen LogP contribution in [0.5, 0.6) is 0 Å². The average Bonchev–Trinajstić information content (AvgIpc) is 3.02. The zero-order chi connectivity index (χ0) is 19.8. The molecule has 1 N–H and O–H groups in total. The number of aryl methyl sites for hydroxylation is 3. The van der Waals surface area contributed by atoms with Gasteiger partial charge in [0.15, 0.2) is 0 Å². The van der Waals surface area contributed by atoms with E-state index in [9.17, 15) is 14.9 Å². The number of para-hydroxylation sites is 1. The molecular formula is C22H21N3O2S. The minimum atomic E-state index is -0.286. The van der Waals surface area contributed by atoms with Crippen molar-refractivity contribution in [1.29, 1.82) is 5.26 Å². The molecule has 0 atom stereocenters. The van der Waals surface area contributed by atoms with Crippen molar-refractivity contribution >= 4 is 33.1 Å². The number of nitriles is 1. The summed E-state index contributed by atoms with van der Waals surface area (Å²) in [7, 11) is 0. The number of hydrogen-bond acceptors (Lipinski definition) is 4. The van der Waals surface area contributed by atoms with Gasteiger partial charge in [0.05, 0.1) is 11.1 Å². The van der Waals surface area contributed by atoms with E-state index in [1.807, 2.05) is 32.0 Å². The molecule has 5 nitrogen and oxygen atoms in total. The maximum Gasteiger partial charge on any atom is 0.251 e. The summed E-state index contributed by atoms with van der Waals surface area (Å²) in [6.45, 7) is 3.77. The summed E-state index contributed by atoms with van der Waals surface area (Å²) >= 11 is 1.50. The molecule has 28 heavy (non-hydrogen) atoms. The lowest BCUT2D eigenvalue weighted by Crippen LogP contribution is -2.28. The van der Waals surface area contributed by atoms with Gasteiger partial charge in [0.1, 0.15) is 17.6 Å². The highest BCUT2D eigenvalue weighted by Crippen LogP contribution is 2.37. The van der Waals surface area contributed by atoms with E-state index in [2.05, 4.69) is 11.4 Å². The largest absolute Gasteiger partial charge is 0.315 e. The number of anilines is 1. The SMILES string of the molecule is Cc1cc(=O)n(CC(=O)Nc2sc3c(c2C#N)CCCC3)c2c(C)cccc12. The average molecular weight is 391 g/mol. The summed E-state index contributed by atoms with van der Waals surface area (Å²) in [5.41, 5.74) is 4.12. The van der Waals surface area contributed by atoms with E-state index in [0.717, 1.165) is 53.3 Å². The van der Waals surface area contributed by atoms with Gasteiger partial charge in [-0.3, -0.25) is 14.2 Å². The molecule has 0 aliphatic heterocycles. The molecule has 142 valence electrons. The van der Waals surface area contributed by atoms with Crippen LogP contribution >= 0.6 is 11.3 Å². The second kappa shape index (κ2) is 7.25. The lowest BCUT2D eigenvalue weighted by Gasteiger charge is -2.14. The number of nitrogens with one attached hydrogen (secondary N) is 1. The Morgan fingerprint density at radius 2 is 2.04 bits per heavy atom. The van der Waals surface area contributed by atoms with Crippen LogP contribution in [0.2, 0.25) is 0 Å². The van der Waals surface area contributed by atoms with E-state index in [1.54, 1.807) is 6.07 Å². The van der Waals surface area contributed by atoms with Crippen LogP contribution in [0.15, 0.2) is 29.1 Å². The minimum Gasteiger partial charge on any atom is -0.315 e. The number of fused-ring (bicyclic) bond motifs is 2. The Morgan fingerprint density at radius 1 is 1.25 bits per heavy atom. The highest BCUT2D eigenvalue weighted by molar-refractivity contribution is 7.16. The predicted molar refractivity (Wildman–Crippen MR) is 112 cm³/mol. The van der Waals surface area contributed by atoms with Crippen molar-refractivity contribution in [2.24, 2.45) is 0 Å². The molecule has 0 spiro atoms. The van der Waals surface area contributed by atoms with Crippen LogP contribution in [-0.2, 0) is 24.2 Å². The number of hydrogen-bond donors (Lipinski definition) is 1. The third-order valence-corrected chi connectivity index (χ3v) is 6.58. The van der Waals surface area contributed by atoms with Gasteiger partial charge in [-0.15, -0.1) is 11.3 Å². The lowest BCUT2D eigenvalue weighted by molar-refractivity contribution is -0.116. The third kappa shape index (κ3) is 3.12. The molecule has 0 fully saturated rings. The van der Waals surface area contributed by atoms with Crippen LogP contribution in [0, 0.1) is 25.2 Å². The van der Waals surface area contributed by atoms with E-state index in [-0.39, 0.29) is 18.0 Å². The first-order valence-corrected chi connectivity index (χ1v) is 10.3. The van der Waals surface area contributed by atoms with Crippen LogP contribution < -0.4 is 10.9 Å². The topological polar surface area (TPSA) is 74.9 Å². The van der Waals surface area contributed by atoms with E-state index in [4.69, 9.17) is 0 Å². The van der Waals surface area contributed by atoms with Gasteiger partial charge in [0.2, 0.25) is 5.91 Å². The van der Waals surface area contributed by atoms with E-state index in [0.29, 0.717) is 10.6 Å². The smallest absolute Gasteiger partial charge is 0.251 e. The molecule has 3 aromatic rings. The summed E-state index contributed by atoms with van der Waals surface area (Å²) < 4.78 is 1.52. The van der Waals surface area contributed by atoms with Gasteiger partial charge in [-0.25, -0.2) is 0 Å². The summed E-state index contributed by atoms with van der Waals surface area (Å²) in [6, 6.07) is 9.69. The molecule has 0 radical (unpaired) electrons. The molecule has 2 aromatic heterocycles. The number of pyridine rings is 1. The van der Waals surface area contributed by atoms with Gasteiger partial charge in [0, 0.05) is 16.3 Å². The molecule has 0 bridgehead atoms. The Morgan fingerprint density at radius 3 is 2.82 bits per heavy atom. The molecule has 1 aliphatic carbocycles. The maximum absolute atomic E-state index is 12.8. The van der Waals surface area contributed by atoms with Gasteiger partial charge in [0.25, 0.3) is 5.56 Å². The molecule has 0 saturated heterocycles. The maximum atomic E-state index is 12.8. The first kappa shape index (κ1) is 18.5. The van der Waals surface area contributed by atoms with Gasteiger partial charge in [-0.05, 0) is 56.2 Å². The number of carbonyl (C=O) groups excluding carboxylic acids is 1. The van der Waals surface area contributed by atoms with Gasteiger partial charge in [-0.2, -0.15) is 5.26 Å². The third-order valence-electron chi connectivity index (χ3n) is 5.38. The molecule has 4 rings (SSSR count). The Kier molecular flexibility index (Phi) is 4.78. The fourth-order valence-corrected chi connectivity index (χ4v) is 5.28. The van der Waals surface area contributed by atoms with Crippen molar-refractivity contribution in [3.05, 3.63) is 61.8 Å². The molecule has 1 amide bonds. The van der Waals surface area contributed by atoms with Gasteiger partial charge < -0.3 is 5.32 Å². The molecule has 2 heterocycles. The summed E-state index contributed by atoms with van der Waals surface area (Å²) in [6.07, 6.45) is 4.06. The van der Waals surface area contributed by atoms with Crippen LogP contribution in [0.25, 0.3) is 10.9 Å². The number of rotatable bonds is 3. The Hall–Kier alpha value is -2.91. The highest BCUT2D eigenvalue weighted by Gasteiger charge is 2.22. The molecule has 1 aliphatic rings. The Bertz CT molecular complexity index is 1200. The number of carbonyl (C=O) groups is 1. The van der Waals surface area contributed by atoms with E-state index >= 15 is 0 Å². The van der Waals surface area contributed by atoms with Crippen LogP contribution in [-0.4, -0.2) is 10.5 Å². The highest BCUT2D eigenvalue weighted by atomic mass is 32.1. The van der Waals surface area contributed by atoms with Crippen molar-refractivity contribution in [2.45, 2.75) is 46.1 Å².